The Morgan fingerprint density at radius 1 is 1.12 bits per heavy atom. The Hall–Kier alpha value is -2.45. The van der Waals surface area contributed by atoms with Crippen molar-refractivity contribution in [1.29, 1.82) is 5.26 Å². The van der Waals surface area contributed by atoms with Crippen LogP contribution in [0.3, 0.4) is 0 Å². The molecular formula is C14H9NO. The van der Waals surface area contributed by atoms with E-state index in [9.17, 15) is 0 Å². The van der Waals surface area contributed by atoms with E-state index in [1.54, 1.807) is 7.11 Å². The summed E-state index contributed by atoms with van der Waals surface area (Å²) in [6, 6.07) is 13.4. The minimum absolute atomic E-state index is 0.778. The molecule has 2 nitrogen and oxygen atoms in total. The van der Waals surface area contributed by atoms with Gasteiger partial charge in [0, 0.05) is 16.9 Å². The Morgan fingerprint density at radius 2 is 1.88 bits per heavy atom. The molecule has 0 atom stereocenters. The van der Waals surface area contributed by atoms with E-state index in [1.165, 1.54) is 0 Å². The topological polar surface area (TPSA) is 33.0 Å². The minimum atomic E-state index is 0.778. The maximum Gasteiger partial charge on any atom is 0.152 e. The second-order valence-electron chi connectivity index (χ2n) is 3.23. The zero-order valence-corrected chi connectivity index (χ0v) is 8.82. The first-order valence-electron chi connectivity index (χ1n) is 4.82. The summed E-state index contributed by atoms with van der Waals surface area (Å²) < 4.78 is 5.30. The molecule has 0 bridgehead atoms. The number of hydrogen-bond donors (Lipinski definition) is 0. The van der Waals surface area contributed by atoms with E-state index in [-0.39, 0.29) is 0 Å². The predicted octanol–water partition coefficient (Wildman–Crippen LogP) is 2.72. The van der Waals surface area contributed by atoms with Gasteiger partial charge in [-0.2, -0.15) is 5.26 Å². The van der Waals surface area contributed by atoms with Crippen molar-refractivity contribution >= 4 is 10.8 Å². The monoisotopic (exact) mass is 207 g/mol. The van der Waals surface area contributed by atoms with Crippen LogP contribution in [0.1, 0.15) is 5.56 Å². The van der Waals surface area contributed by atoms with Crippen LogP contribution >= 0.6 is 0 Å². The zero-order valence-electron chi connectivity index (χ0n) is 8.82. The lowest BCUT2D eigenvalue weighted by atomic mass is 10.0. The van der Waals surface area contributed by atoms with Crippen LogP contribution in [0.15, 0.2) is 36.4 Å². The van der Waals surface area contributed by atoms with Crippen LogP contribution < -0.4 is 4.74 Å². The average Bonchev–Trinajstić information content (AvgIpc) is 2.35. The third-order valence-corrected chi connectivity index (χ3v) is 2.34. The normalized spacial score (nSPS) is 9.00. The fraction of sp³-hybridized carbons (Fsp3) is 0.0714. The lowest BCUT2D eigenvalue weighted by Gasteiger charge is -2.06. The molecule has 2 aromatic carbocycles. The van der Waals surface area contributed by atoms with Gasteiger partial charge in [-0.1, -0.05) is 24.3 Å². The molecule has 0 aliphatic heterocycles. The summed E-state index contributed by atoms with van der Waals surface area (Å²) in [6.45, 7) is 0. The molecule has 2 aromatic rings. The summed E-state index contributed by atoms with van der Waals surface area (Å²) in [5, 5.41) is 10.5. The minimum Gasteiger partial charge on any atom is -0.496 e. The molecule has 2 heteroatoms. The Bertz CT molecular complexity index is 621. The molecule has 0 spiro atoms. The number of nitriles is 1. The van der Waals surface area contributed by atoms with Crippen molar-refractivity contribution in [3.63, 3.8) is 0 Å². The first-order chi connectivity index (χ1) is 7.86. The van der Waals surface area contributed by atoms with Gasteiger partial charge in [0.15, 0.2) is 6.07 Å². The van der Waals surface area contributed by atoms with Gasteiger partial charge in [-0.25, -0.2) is 0 Å². The van der Waals surface area contributed by atoms with E-state index in [4.69, 9.17) is 10.00 Å². The fourth-order valence-electron chi connectivity index (χ4n) is 1.68. The number of nitrogens with zero attached hydrogens (tertiary/aromatic N) is 1. The van der Waals surface area contributed by atoms with Gasteiger partial charge in [0.25, 0.3) is 0 Å². The van der Waals surface area contributed by atoms with Crippen LogP contribution in [-0.4, -0.2) is 7.11 Å². The van der Waals surface area contributed by atoms with Gasteiger partial charge in [-0.3, -0.25) is 0 Å². The Kier molecular flexibility index (Phi) is 2.76. The number of fused-ring (bicyclic) bond motifs is 1. The maximum absolute atomic E-state index is 8.47. The summed E-state index contributed by atoms with van der Waals surface area (Å²) in [5.41, 5.74) is 0.816. The smallest absolute Gasteiger partial charge is 0.152 e. The summed E-state index contributed by atoms with van der Waals surface area (Å²) in [7, 11) is 1.63. The summed E-state index contributed by atoms with van der Waals surface area (Å²) in [4.78, 5) is 0. The highest BCUT2D eigenvalue weighted by atomic mass is 16.5. The molecule has 0 aliphatic carbocycles. The summed E-state index contributed by atoms with van der Waals surface area (Å²) >= 11 is 0. The van der Waals surface area contributed by atoms with Crippen molar-refractivity contribution in [3.05, 3.63) is 42.0 Å². The fourth-order valence-corrected chi connectivity index (χ4v) is 1.68. The molecule has 0 radical (unpaired) electrons. The largest absolute Gasteiger partial charge is 0.496 e. The van der Waals surface area contributed by atoms with Crippen LogP contribution in [-0.2, 0) is 0 Å². The quantitative estimate of drug-likeness (QED) is 0.673. The highest BCUT2D eigenvalue weighted by Gasteiger charge is 2.04. The van der Waals surface area contributed by atoms with E-state index < -0.39 is 0 Å². The molecule has 2 rings (SSSR count). The van der Waals surface area contributed by atoms with Crippen molar-refractivity contribution in [2.75, 3.05) is 7.11 Å². The molecule has 0 fully saturated rings. The van der Waals surface area contributed by atoms with Crippen molar-refractivity contribution in [2.45, 2.75) is 0 Å². The average molecular weight is 207 g/mol. The van der Waals surface area contributed by atoms with Crippen molar-refractivity contribution in [2.24, 2.45) is 0 Å². The van der Waals surface area contributed by atoms with E-state index in [0.717, 1.165) is 22.1 Å². The van der Waals surface area contributed by atoms with Crippen molar-refractivity contribution in [1.82, 2.24) is 0 Å². The molecule has 0 saturated heterocycles. The number of benzene rings is 2. The Morgan fingerprint density at radius 3 is 2.56 bits per heavy atom. The van der Waals surface area contributed by atoms with E-state index in [1.807, 2.05) is 42.5 Å². The molecule has 16 heavy (non-hydrogen) atoms. The van der Waals surface area contributed by atoms with Crippen LogP contribution in [0, 0.1) is 23.2 Å². The van der Waals surface area contributed by atoms with Gasteiger partial charge in [0.1, 0.15) is 5.75 Å². The molecule has 0 heterocycles. The molecule has 76 valence electrons. The van der Waals surface area contributed by atoms with Crippen LogP contribution in [0.25, 0.3) is 10.8 Å². The van der Waals surface area contributed by atoms with Gasteiger partial charge >= 0.3 is 0 Å². The second-order valence-corrected chi connectivity index (χ2v) is 3.23. The highest BCUT2D eigenvalue weighted by molar-refractivity contribution is 5.93. The van der Waals surface area contributed by atoms with Crippen LogP contribution in [0.5, 0.6) is 5.75 Å². The van der Waals surface area contributed by atoms with E-state index in [0.29, 0.717) is 0 Å². The Balaban J connectivity index is 2.79. The van der Waals surface area contributed by atoms with Gasteiger partial charge in [0.2, 0.25) is 0 Å². The molecular weight excluding hydrogens is 198 g/mol. The van der Waals surface area contributed by atoms with Crippen molar-refractivity contribution in [3.8, 4) is 23.7 Å². The predicted molar refractivity (Wildman–Crippen MR) is 63.0 cm³/mol. The van der Waals surface area contributed by atoms with Gasteiger partial charge in [-0.05, 0) is 23.4 Å². The van der Waals surface area contributed by atoms with E-state index >= 15 is 0 Å². The van der Waals surface area contributed by atoms with Gasteiger partial charge in [-0.15, -0.1) is 0 Å². The van der Waals surface area contributed by atoms with Gasteiger partial charge < -0.3 is 4.74 Å². The second kappa shape index (κ2) is 4.38. The van der Waals surface area contributed by atoms with Crippen LogP contribution in [0.2, 0.25) is 0 Å². The summed E-state index contributed by atoms with van der Waals surface area (Å²) in [5.74, 6) is 6.01. The lowest BCUT2D eigenvalue weighted by Crippen LogP contribution is -1.87. The third kappa shape index (κ3) is 1.69. The number of hydrogen-bond acceptors (Lipinski definition) is 2. The summed E-state index contributed by atoms with van der Waals surface area (Å²) in [6.07, 6.45) is 0. The van der Waals surface area contributed by atoms with Gasteiger partial charge in [0.05, 0.1) is 7.11 Å². The molecule has 0 amide bonds. The first-order valence-corrected chi connectivity index (χ1v) is 4.82. The van der Waals surface area contributed by atoms with Crippen molar-refractivity contribution < 1.29 is 4.74 Å². The van der Waals surface area contributed by atoms with E-state index in [2.05, 4.69) is 11.8 Å². The molecule has 0 unspecified atom stereocenters. The Labute approximate surface area is 94.1 Å². The SMILES string of the molecule is COc1cccc2cccc(C#CC#N)c12. The molecule has 0 saturated carbocycles. The lowest BCUT2D eigenvalue weighted by molar-refractivity contribution is 0.420. The molecule has 0 aromatic heterocycles. The first kappa shape index (κ1) is 10.1. The van der Waals surface area contributed by atoms with Crippen LogP contribution in [0.4, 0.5) is 0 Å². The standard InChI is InChI=1S/C14H9NO/c1-16-13-9-3-7-11-5-2-6-12(14(11)13)8-4-10-15/h2-3,5-7,9H,1H3. The molecule has 0 aliphatic rings. The highest BCUT2D eigenvalue weighted by Crippen LogP contribution is 2.28. The maximum atomic E-state index is 8.47. The number of rotatable bonds is 1. The number of ether oxygens (including phenoxy) is 1. The molecule has 0 N–H and O–H groups in total. The number of methoxy groups -OCH3 is 1. The third-order valence-electron chi connectivity index (χ3n) is 2.34. The zero-order chi connectivity index (χ0) is 11.4.